The second-order valence-corrected chi connectivity index (χ2v) is 12.4. The number of carbonyl (C=O) groups is 3. The number of halogens is 3. The van der Waals surface area contributed by atoms with Gasteiger partial charge in [0.25, 0.3) is 11.8 Å². The highest BCUT2D eigenvalue weighted by atomic mass is 79.9. The van der Waals surface area contributed by atoms with Crippen LogP contribution in [0.5, 0.6) is 0 Å². The van der Waals surface area contributed by atoms with Crippen LogP contribution >= 0.6 is 15.9 Å². The molecule has 6 atom stereocenters. The molecule has 214 valence electrons. The van der Waals surface area contributed by atoms with Gasteiger partial charge in [-0.05, 0) is 55.4 Å². The van der Waals surface area contributed by atoms with E-state index in [4.69, 9.17) is 0 Å². The molecule has 2 aliphatic carbocycles. The van der Waals surface area contributed by atoms with E-state index in [9.17, 15) is 24.8 Å². The highest BCUT2D eigenvalue weighted by Crippen LogP contribution is 2.54. The van der Waals surface area contributed by atoms with Crippen LogP contribution in [0.25, 0.3) is 11.1 Å². The number of alkyl halides is 2. The minimum Gasteiger partial charge on any atom is -0.372 e. The minimum atomic E-state index is -3.20. The van der Waals surface area contributed by atoms with E-state index in [1.54, 1.807) is 42.5 Å². The molecule has 5 aliphatic rings. The van der Waals surface area contributed by atoms with Crippen LogP contribution in [-0.2, 0) is 20.0 Å². The molecule has 2 aromatic rings. The van der Waals surface area contributed by atoms with E-state index in [0.717, 1.165) is 11.3 Å². The van der Waals surface area contributed by atoms with Crippen molar-refractivity contribution in [1.29, 1.82) is 5.26 Å². The maximum Gasteiger partial charge on any atom is 0.264 e. The molecule has 0 unspecified atom stereocenters. The average Bonchev–Trinajstić information content (AvgIpc) is 3.21. The average molecular weight is 627 g/mol. The Kier molecular flexibility index (Phi) is 6.90. The zero-order valence-corrected chi connectivity index (χ0v) is 23.7. The van der Waals surface area contributed by atoms with Gasteiger partial charge in [-0.25, -0.2) is 8.78 Å². The monoisotopic (exact) mass is 626 g/mol. The topological polar surface area (TPSA) is 123 Å². The molecule has 1 saturated carbocycles. The van der Waals surface area contributed by atoms with Crippen molar-refractivity contribution >= 4 is 33.7 Å². The normalized spacial score (nSPS) is 30.0. The first-order valence-corrected chi connectivity index (χ1v) is 14.7. The van der Waals surface area contributed by atoms with Crippen LogP contribution in [0, 0.1) is 23.2 Å². The van der Waals surface area contributed by atoms with Crippen molar-refractivity contribution in [3.8, 4) is 17.2 Å². The lowest BCUT2D eigenvalue weighted by Gasteiger charge is -2.54. The Hall–Kier alpha value is -3.36. The van der Waals surface area contributed by atoms with E-state index in [0.29, 0.717) is 39.7 Å². The zero-order valence-electron chi connectivity index (χ0n) is 22.1. The predicted molar refractivity (Wildman–Crippen MR) is 147 cm³/mol. The summed E-state index contributed by atoms with van der Waals surface area (Å²) in [5.74, 6) is -7.09. The molecule has 3 aliphatic heterocycles. The lowest BCUT2D eigenvalue weighted by molar-refractivity contribution is -0.201. The molecule has 0 aromatic heterocycles. The van der Waals surface area contributed by atoms with Crippen LogP contribution in [0.3, 0.4) is 0 Å². The van der Waals surface area contributed by atoms with E-state index >= 15 is 8.78 Å². The Bertz CT molecular complexity index is 1480. The molecule has 8 nitrogen and oxygen atoms in total. The Morgan fingerprint density at radius 1 is 1.17 bits per heavy atom. The molecule has 3 N–H and O–H groups in total. The molecule has 4 fully saturated rings. The number of benzene rings is 2. The first-order valence-electron chi connectivity index (χ1n) is 13.9. The fourth-order valence-electron chi connectivity index (χ4n) is 7.19. The highest BCUT2D eigenvalue weighted by molar-refractivity contribution is 9.10. The summed E-state index contributed by atoms with van der Waals surface area (Å²) in [5.41, 5.74) is -0.277. The molecular formula is C30H29BrF2N4O4. The van der Waals surface area contributed by atoms with E-state index < -0.39 is 59.7 Å². The van der Waals surface area contributed by atoms with Crippen molar-refractivity contribution in [3.63, 3.8) is 0 Å². The molecule has 41 heavy (non-hydrogen) atoms. The number of nitrogens with zero attached hydrogens (tertiary/aromatic N) is 2. The standard InChI is InChI=1S/C30H29BrF2N4O4/c31-17-7-9-21-20-5-1-2-6-22(20)30(41,24(21)13-17)28(40)37-19-8-10-23(29(32,33)14-19)25(37)27(39)36-18(15-34)12-16-4-3-11-35-26(16)38/h1-2,5-7,9,13,16,18-19,23,25,41H,3-4,8,10-12,14H2,(H,35,38)(H,36,39)/t16-,18+,19+,23+,25+,30-/m1/s1. The van der Waals surface area contributed by atoms with Crippen LogP contribution in [0.1, 0.15) is 49.7 Å². The van der Waals surface area contributed by atoms with E-state index in [1.807, 2.05) is 6.07 Å². The van der Waals surface area contributed by atoms with Crippen LogP contribution in [0.2, 0.25) is 0 Å². The van der Waals surface area contributed by atoms with Gasteiger partial charge in [0.05, 0.1) is 12.0 Å². The van der Waals surface area contributed by atoms with Crippen molar-refractivity contribution in [2.75, 3.05) is 6.54 Å². The number of nitriles is 1. The van der Waals surface area contributed by atoms with Gasteiger partial charge < -0.3 is 20.6 Å². The van der Waals surface area contributed by atoms with Gasteiger partial charge in [0.1, 0.15) is 12.1 Å². The lowest BCUT2D eigenvalue weighted by atomic mass is 9.70. The van der Waals surface area contributed by atoms with Gasteiger partial charge >= 0.3 is 0 Å². The fourth-order valence-corrected chi connectivity index (χ4v) is 7.55. The third kappa shape index (κ3) is 4.43. The third-order valence-corrected chi connectivity index (χ3v) is 9.61. The zero-order chi connectivity index (χ0) is 29.1. The Morgan fingerprint density at radius 3 is 2.66 bits per heavy atom. The molecule has 11 heteroatoms. The number of carbonyl (C=O) groups excluding carboxylic acids is 3. The number of aliphatic hydroxyl groups is 1. The lowest BCUT2D eigenvalue weighted by Crippen LogP contribution is -2.70. The Labute approximate surface area is 244 Å². The van der Waals surface area contributed by atoms with E-state index in [2.05, 4.69) is 26.6 Å². The smallest absolute Gasteiger partial charge is 0.264 e. The largest absolute Gasteiger partial charge is 0.372 e. The molecule has 2 bridgehead atoms. The van der Waals surface area contributed by atoms with Gasteiger partial charge in [-0.1, -0.05) is 46.3 Å². The van der Waals surface area contributed by atoms with Crippen LogP contribution in [0.4, 0.5) is 8.78 Å². The van der Waals surface area contributed by atoms with Gasteiger partial charge in [0.15, 0.2) is 5.60 Å². The Morgan fingerprint density at radius 2 is 1.93 bits per heavy atom. The third-order valence-electron chi connectivity index (χ3n) is 9.12. The summed E-state index contributed by atoms with van der Waals surface area (Å²) in [4.78, 5) is 41.7. The molecule has 0 radical (unpaired) electrons. The molecular weight excluding hydrogens is 598 g/mol. The second kappa shape index (κ2) is 10.2. The van der Waals surface area contributed by atoms with Crippen LogP contribution in [0.15, 0.2) is 46.9 Å². The SMILES string of the molecule is N#C[C@H](C[C@H]1CCCNC1=O)NC(=O)[C@@H]1[C@@H]2CC[C@@H](CC2(F)F)N1C(=O)[C@@]1(O)c2ccccc2-c2ccc(Br)cc21. The van der Waals surface area contributed by atoms with Crippen molar-refractivity contribution in [1.82, 2.24) is 15.5 Å². The first-order chi connectivity index (χ1) is 19.6. The molecule has 3 saturated heterocycles. The van der Waals surface area contributed by atoms with Gasteiger partial charge in [0.2, 0.25) is 11.8 Å². The number of fused-ring (bicyclic) bond motifs is 6. The fraction of sp³-hybridized carbons (Fsp3) is 0.467. The number of hydrogen-bond acceptors (Lipinski definition) is 5. The van der Waals surface area contributed by atoms with Gasteiger partial charge in [-0.15, -0.1) is 0 Å². The van der Waals surface area contributed by atoms with E-state index in [1.165, 1.54) is 0 Å². The summed E-state index contributed by atoms with van der Waals surface area (Å²) < 4.78 is 31.2. The summed E-state index contributed by atoms with van der Waals surface area (Å²) in [7, 11) is 0. The maximum absolute atomic E-state index is 15.3. The summed E-state index contributed by atoms with van der Waals surface area (Å²) in [5, 5.41) is 27.3. The van der Waals surface area contributed by atoms with Crippen molar-refractivity contribution in [3.05, 3.63) is 58.1 Å². The van der Waals surface area contributed by atoms with E-state index in [-0.39, 0.29) is 25.2 Å². The quantitative estimate of drug-likeness (QED) is 0.468. The summed E-state index contributed by atoms with van der Waals surface area (Å²) in [6, 6.07) is 10.4. The number of rotatable bonds is 5. The van der Waals surface area contributed by atoms with Crippen molar-refractivity contribution < 1.29 is 28.3 Å². The Balaban J connectivity index is 1.36. The molecule has 7 rings (SSSR count). The molecule has 3 heterocycles. The number of piperidine rings is 3. The highest BCUT2D eigenvalue weighted by Gasteiger charge is 2.63. The second-order valence-electron chi connectivity index (χ2n) is 11.5. The number of nitrogens with one attached hydrogen (secondary N) is 2. The van der Waals surface area contributed by atoms with Crippen molar-refractivity contribution in [2.45, 2.75) is 68.2 Å². The summed E-state index contributed by atoms with van der Waals surface area (Å²) in [6.45, 7) is 0.544. The molecule has 2 aromatic carbocycles. The van der Waals surface area contributed by atoms with Crippen molar-refractivity contribution in [2.24, 2.45) is 11.8 Å². The minimum absolute atomic E-state index is 0.0267. The number of hydrogen-bond donors (Lipinski definition) is 3. The van der Waals surface area contributed by atoms with Gasteiger partial charge in [-0.3, -0.25) is 14.4 Å². The summed E-state index contributed by atoms with van der Waals surface area (Å²) >= 11 is 3.41. The number of amides is 3. The predicted octanol–water partition coefficient (Wildman–Crippen LogP) is 3.60. The summed E-state index contributed by atoms with van der Waals surface area (Å²) in [6.07, 6.45) is 1.01. The van der Waals surface area contributed by atoms with Crippen LogP contribution < -0.4 is 10.6 Å². The molecule has 3 amide bonds. The van der Waals surface area contributed by atoms with Gasteiger partial charge in [-0.2, -0.15) is 5.26 Å². The first kappa shape index (κ1) is 27.8. The van der Waals surface area contributed by atoms with Crippen LogP contribution in [-0.4, -0.2) is 58.3 Å². The molecule has 0 spiro atoms. The van der Waals surface area contributed by atoms with Gasteiger partial charge in [0, 0.05) is 40.5 Å². The maximum atomic E-state index is 15.3.